The molecule has 1 aromatic rings. The number of nitrogens with one attached hydrogen (secondary N) is 1. The second kappa shape index (κ2) is 6.33. The number of carbonyl (C=O) groups excluding carboxylic acids is 2. The van der Waals surface area contributed by atoms with Crippen molar-refractivity contribution in [3.05, 3.63) is 33.8 Å². The van der Waals surface area contributed by atoms with Gasteiger partial charge in [-0.05, 0) is 30.7 Å². The predicted molar refractivity (Wildman–Crippen MR) is 71.6 cm³/mol. The molecule has 1 unspecified atom stereocenters. The minimum absolute atomic E-state index is 0.316. The molecule has 0 radical (unpaired) electrons. The van der Waals surface area contributed by atoms with Crippen LogP contribution in [0.25, 0.3) is 0 Å². The highest BCUT2D eigenvalue weighted by Gasteiger charge is 2.22. The number of carboxylic acids is 1. The number of amides is 2. The molecule has 1 aromatic carbocycles. The highest BCUT2D eigenvalue weighted by atomic mass is 79.9. The van der Waals surface area contributed by atoms with E-state index in [1.807, 2.05) is 0 Å². The minimum Gasteiger partial charge on any atom is -0.480 e. The Morgan fingerprint density at radius 3 is 2.53 bits per heavy atom. The zero-order chi connectivity index (χ0) is 14.6. The Morgan fingerprint density at radius 2 is 2.05 bits per heavy atom. The van der Waals surface area contributed by atoms with E-state index in [0.29, 0.717) is 5.56 Å². The molecule has 0 spiro atoms. The zero-order valence-corrected chi connectivity index (χ0v) is 11.7. The molecule has 0 aliphatic rings. The molecule has 7 heteroatoms. The van der Waals surface area contributed by atoms with Crippen LogP contribution in [0.3, 0.4) is 0 Å². The fraction of sp³-hybridized carbons (Fsp3) is 0.250. The van der Waals surface area contributed by atoms with Crippen molar-refractivity contribution in [2.24, 2.45) is 5.73 Å². The number of primary amides is 1. The third-order valence-electron chi connectivity index (χ3n) is 2.43. The van der Waals surface area contributed by atoms with Crippen LogP contribution in [0.15, 0.2) is 22.7 Å². The normalized spacial score (nSPS) is 11.7. The van der Waals surface area contributed by atoms with Gasteiger partial charge in [-0.2, -0.15) is 0 Å². The lowest BCUT2D eigenvalue weighted by molar-refractivity contribution is -0.140. The Hall–Kier alpha value is -1.89. The molecule has 19 heavy (non-hydrogen) atoms. The number of aliphatic carboxylic acids is 1. The molecule has 4 N–H and O–H groups in total. The molecule has 0 saturated carbocycles. The summed E-state index contributed by atoms with van der Waals surface area (Å²) in [5, 5.41) is 11.1. The summed E-state index contributed by atoms with van der Waals surface area (Å²) in [7, 11) is 0. The summed E-state index contributed by atoms with van der Waals surface area (Å²) in [6, 6.07) is 3.53. The molecule has 0 fully saturated rings. The lowest BCUT2D eigenvalue weighted by atomic mass is 10.1. The van der Waals surface area contributed by atoms with Crippen molar-refractivity contribution >= 4 is 33.7 Å². The molecule has 0 aliphatic carbocycles. The van der Waals surface area contributed by atoms with Crippen LogP contribution < -0.4 is 11.1 Å². The second-order valence-corrected chi connectivity index (χ2v) is 4.85. The van der Waals surface area contributed by atoms with Crippen molar-refractivity contribution in [1.29, 1.82) is 0 Å². The van der Waals surface area contributed by atoms with Gasteiger partial charge in [0.15, 0.2) is 0 Å². The Bertz CT molecular complexity index is 530. The molecular formula is C12H13BrN2O4. The van der Waals surface area contributed by atoms with Crippen LogP contribution in [0.5, 0.6) is 0 Å². The summed E-state index contributed by atoms with van der Waals surface area (Å²) < 4.78 is 0.843. The first kappa shape index (κ1) is 15.2. The van der Waals surface area contributed by atoms with Crippen molar-refractivity contribution < 1.29 is 19.5 Å². The SMILES string of the molecule is Cc1cc(C(=O)NC(CC(N)=O)C(=O)O)ccc1Br. The van der Waals surface area contributed by atoms with Gasteiger partial charge in [0.05, 0.1) is 6.42 Å². The van der Waals surface area contributed by atoms with Crippen molar-refractivity contribution in [2.75, 3.05) is 0 Å². The van der Waals surface area contributed by atoms with Crippen molar-refractivity contribution in [2.45, 2.75) is 19.4 Å². The lowest BCUT2D eigenvalue weighted by Crippen LogP contribution is -2.43. The molecule has 0 aromatic heterocycles. The van der Waals surface area contributed by atoms with Gasteiger partial charge < -0.3 is 16.2 Å². The number of rotatable bonds is 5. The van der Waals surface area contributed by atoms with E-state index >= 15 is 0 Å². The molecule has 0 aliphatic heterocycles. The van der Waals surface area contributed by atoms with Crippen LogP contribution in [0, 0.1) is 6.92 Å². The monoisotopic (exact) mass is 328 g/mol. The highest BCUT2D eigenvalue weighted by molar-refractivity contribution is 9.10. The largest absolute Gasteiger partial charge is 0.480 e. The molecule has 0 bridgehead atoms. The Balaban J connectivity index is 2.84. The van der Waals surface area contributed by atoms with Gasteiger partial charge in [-0.25, -0.2) is 4.79 Å². The number of carbonyl (C=O) groups is 3. The van der Waals surface area contributed by atoms with E-state index in [2.05, 4.69) is 21.2 Å². The fourth-order valence-corrected chi connectivity index (χ4v) is 1.68. The van der Waals surface area contributed by atoms with Crippen LogP contribution >= 0.6 is 15.9 Å². The molecule has 102 valence electrons. The third-order valence-corrected chi connectivity index (χ3v) is 3.32. The fourth-order valence-electron chi connectivity index (χ4n) is 1.43. The van der Waals surface area contributed by atoms with Crippen molar-refractivity contribution in [1.82, 2.24) is 5.32 Å². The summed E-state index contributed by atoms with van der Waals surface area (Å²) in [4.78, 5) is 33.5. The maximum absolute atomic E-state index is 11.9. The maximum atomic E-state index is 11.9. The molecule has 1 rings (SSSR count). The molecule has 2 amide bonds. The van der Waals surface area contributed by atoms with E-state index in [9.17, 15) is 14.4 Å². The van der Waals surface area contributed by atoms with Gasteiger partial charge in [0, 0.05) is 10.0 Å². The number of carboxylic acid groups (broad SMARTS) is 1. The number of benzene rings is 1. The minimum atomic E-state index is -1.33. The second-order valence-electron chi connectivity index (χ2n) is 4.00. The Morgan fingerprint density at radius 1 is 1.42 bits per heavy atom. The van der Waals surface area contributed by atoms with E-state index in [-0.39, 0.29) is 0 Å². The smallest absolute Gasteiger partial charge is 0.326 e. The molecule has 1 atom stereocenters. The van der Waals surface area contributed by atoms with Gasteiger partial charge in [0.2, 0.25) is 5.91 Å². The van der Waals surface area contributed by atoms with Gasteiger partial charge in [-0.15, -0.1) is 0 Å². The Kier molecular flexibility index (Phi) is 5.05. The summed E-state index contributed by atoms with van der Waals surface area (Å²) >= 11 is 3.30. The number of hydrogen-bond donors (Lipinski definition) is 3. The summed E-state index contributed by atoms with van der Waals surface area (Å²) in [5.74, 6) is -2.66. The van der Waals surface area contributed by atoms with Gasteiger partial charge in [-0.3, -0.25) is 9.59 Å². The highest BCUT2D eigenvalue weighted by Crippen LogP contribution is 2.17. The van der Waals surface area contributed by atoms with E-state index in [1.54, 1.807) is 25.1 Å². The third kappa shape index (κ3) is 4.36. The molecular weight excluding hydrogens is 316 g/mol. The number of aryl methyl sites for hydroxylation is 1. The van der Waals surface area contributed by atoms with Crippen LogP contribution in [-0.4, -0.2) is 28.9 Å². The van der Waals surface area contributed by atoms with E-state index in [0.717, 1.165) is 10.0 Å². The first-order valence-electron chi connectivity index (χ1n) is 5.39. The van der Waals surface area contributed by atoms with Crippen LogP contribution in [0.1, 0.15) is 22.3 Å². The quantitative estimate of drug-likeness (QED) is 0.743. The van der Waals surface area contributed by atoms with Gasteiger partial charge in [0.1, 0.15) is 6.04 Å². The molecule has 0 heterocycles. The van der Waals surface area contributed by atoms with Gasteiger partial charge in [-0.1, -0.05) is 15.9 Å². The number of halogens is 1. The zero-order valence-electron chi connectivity index (χ0n) is 10.1. The summed E-state index contributed by atoms with van der Waals surface area (Å²) in [6.07, 6.45) is -0.448. The van der Waals surface area contributed by atoms with Crippen molar-refractivity contribution in [3.8, 4) is 0 Å². The van der Waals surface area contributed by atoms with Crippen molar-refractivity contribution in [3.63, 3.8) is 0 Å². The topological polar surface area (TPSA) is 109 Å². The molecule has 6 nitrogen and oxygen atoms in total. The first-order valence-corrected chi connectivity index (χ1v) is 6.18. The van der Waals surface area contributed by atoms with Crippen LogP contribution in [0.4, 0.5) is 0 Å². The van der Waals surface area contributed by atoms with Crippen LogP contribution in [0.2, 0.25) is 0 Å². The average Bonchev–Trinajstić information content (AvgIpc) is 2.31. The van der Waals surface area contributed by atoms with E-state index in [4.69, 9.17) is 10.8 Å². The predicted octanol–water partition coefficient (Wildman–Crippen LogP) is 0.816. The summed E-state index contributed by atoms with van der Waals surface area (Å²) in [6.45, 7) is 1.80. The van der Waals surface area contributed by atoms with E-state index in [1.165, 1.54) is 0 Å². The first-order chi connectivity index (χ1) is 8.81. The Labute approximate surface area is 118 Å². The summed E-state index contributed by atoms with van der Waals surface area (Å²) in [5.41, 5.74) is 6.09. The maximum Gasteiger partial charge on any atom is 0.326 e. The van der Waals surface area contributed by atoms with E-state index < -0.39 is 30.2 Å². The molecule has 0 saturated heterocycles. The van der Waals surface area contributed by atoms with Gasteiger partial charge >= 0.3 is 5.97 Å². The standard InChI is InChI=1S/C12H13BrN2O4/c1-6-4-7(2-3-8(6)13)11(17)15-9(12(18)19)5-10(14)16/h2-4,9H,5H2,1H3,(H2,14,16)(H,15,17)(H,18,19). The van der Waals surface area contributed by atoms with Crippen LogP contribution in [-0.2, 0) is 9.59 Å². The lowest BCUT2D eigenvalue weighted by Gasteiger charge is -2.13. The van der Waals surface area contributed by atoms with Gasteiger partial charge in [0.25, 0.3) is 5.91 Å². The number of hydrogen-bond acceptors (Lipinski definition) is 3. The average molecular weight is 329 g/mol. The number of nitrogens with two attached hydrogens (primary N) is 1.